The van der Waals surface area contributed by atoms with Crippen molar-refractivity contribution in [2.45, 2.75) is 38.4 Å². The van der Waals surface area contributed by atoms with Gasteiger partial charge in [0.1, 0.15) is 0 Å². The maximum Gasteiger partial charge on any atom is 0.164 e. The Balaban J connectivity index is 1.33. The lowest BCUT2D eigenvalue weighted by Gasteiger charge is -2.38. The molecule has 1 atom stereocenters. The van der Waals surface area contributed by atoms with E-state index in [1.54, 1.807) is 14.2 Å². The zero-order chi connectivity index (χ0) is 19.3. The SMILES string of the molecule is COc1ccc2c(c1OC)CC(C1CCN(CCc3ccccc3)CC1)OC2. The van der Waals surface area contributed by atoms with Gasteiger partial charge in [-0.1, -0.05) is 36.4 Å². The highest BCUT2D eigenvalue weighted by atomic mass is 16.5. The molecule has 2 aliphatic rings. The van der Waals surface area contributed by atoms with E-state index in [9.17, 15) is 0 Å². The highest BCUT2D eigenvalue weighted by Gasteiger charge is 2.32. The van der Waals surface area contributed by atoms with Crippen LogP contribution < -0.4 is 9.47 Å². The Kier molecular flexibility index (Phi) is 6.18. The number of ether oxygens (including phenoxy) is 3. The van der Waals surface area contributed by atoms with Crippen molar-refractivity contribution in [3.8, 4) is 11.5 Å². The van der Waals surface area contributed by atoms with Crippen LogP contribution in [-0.4, -0.2) is 44.9 Å². The van der Waals surface area contributed by atoms with Crippen molar-refractivity contribution in [2.24, 2.45) is 5.92 Å². The third-order valence-electron chi connectivity index (χ3n) is 6.32. The van der Waals surface area contributed by atoms with E-state index in [0.29, 0.717) is 12.5 Å². The molecular formula is C24H31NO3. The number of likely N-dealkylation sites (tertiary alicyclic amines) is 1. The normalized spacial score (nSPS) is 20.6. The Bertz CT molecular complexity index is 769. The Hall–Kier alpha value is -2.04. The van der Waals surface area contributed by atoms with E-state index < -0.39 is 0 Å². The highest BCUT2D eigenvalue weighted by Crippen LogP contribution is 2.39. The fraction of sp³-hybridized carbons (Fsp3) is 0.500. The first-order valence-corrected chi connectivity index (χ1v) is 10.4. The van der Waals surface area contributed by atoms with Crippen LogP contribution in [0.25, 0.3) is 0 Å². The van der Waals surface area contributed by atoms with E-state index in [1.165, 1.54) is 42.6 Å². The number of hydrogen-bond acceptors (Lipinski definition) is 4. The molecule has 4 heteroatoms. The van der Waals surface area contributed by atoms with Crippen LogP contribution in [0.2, 0.25) is 0 Å². The molecule has 2 aromatic rings. The average molecular weight is 382 g/mol. The van der Waals surface area contributed by atoms with Crippen LogP contribution in [0.5, 0.6) is 11.5 Å². The van der Waals surface area contributed by atoms with E-state index in [4.69, 9.17) is 14.2 Å². The predicted octanol–water partition coefficient (Wildman–Crippen LogP) is 4.10. The van der Waals surface area contributed by atoms with Crippen LogP contribution in [-0.2, 0) is 24.2 Å². The van der Waals surface area contributed by atoms with Gasteiger partial charge in [-0.3, -0.25) is 0 Å². The smallest absolute Gasteiger partial charge is 0.164 e. The molecule has 1 fully saturated rings. The van der Waals surface area contributed by atoms with Gasteiger partial charge in [0.05, 0.1) is 26.9 Å². The minimum atomic E-state index is 0.282. The van der Waals surface area contributed by atoms with E-state index in [2.05, 4.69) is 41.3 Å². The van der Waals surface area contributed by atoms with Gasteiger partial charge >= 0.3 is 0 Å². The molecule has 4 rings (SSSR count). The van der Waals surface area contributed by atoms with Gasteiger partial charge in [-0.15, -0.1) is 0 Å². The Morgan fingerprint density at radius 2 is 1.79 bits per heavy atom. The lowest BCUT2D eigenvalue weighted by Crippen LogP contribution is -2.41. The standard InChI is InChI=1S/C24H31NO3/c1-26-22-9-8-20-17-28-23(16-21(20)24(22)27-2)19-11-14-25(15-12-19)13-10-18-6-4-3-5-7-18/h3-9,19,23H,10-17H2,1-2H3. The predicted molar refractivity (Wildman–Crippen MR) is 111 cm³/mol. The topological polar surface area (TPSA) is 30.9 Å². The zero-order valence-electron chi connectivity index (χ0n) is 17.0. The Morgan fingerprint density at radius 1 is 1.00 bits per heavy atom. The number of rotatable bonds is 6. The van der Waals surface area contributed by atoms with Crippen molar-refractivity contribution >= 4 is 0 Å². The van der Waals surface area contributed by atoms with Crippen molar-refractivity contribution in [1.29, 1.82) is 0 Å². The van der Waals surface area contributed by atoms with Gasteiger partial charge in [0, 0.05) is 18.5 Å². The Morgan fingerprint density at radius 3 is 2.50 bits per heavy atom. The summed E-state index contributed by atoms with van der Waals surface area (Å²) in [4.78, 5) is 2.60. The summed E-state index contributed by atoms with van der Waals surface area (Å²) in [5.74, 6) is 2.32. The summed E-state index contributed by atoms with van der Waals surface area (Å²) in [5.41, 5.74) is 3.93. The molecule has 0 radical (unpaired) electrons. The third kappa shape index (κ3) is 4.18. The quantitative estimate of drug-likeness (QED) is 0.754. The highest BCUT2D eigenvalue weighted by molar-refractivity contribution is 5.51. The second-order valence-corrected chi connectivity index (χ2v) is 7.91. The van der Waals surface area contributed by atoms with Gasteiger partial charge in [0.2, 0.25) is 0 Å². The van der Waals surface area contributed by atoms with Crippen molar-refractivity contribution in [3.05, 3.63) is 59.2 Å². The molecule has 2 aromatic carbocycles. The number of nitrogens with zero attached hydrogens (tertiary/aromatic N) is 1. The summed E-state index contributed by atoms with van der Waals surface area (Å²) in [6.45, 7) is 4.16. The molecule has 4 nitrogen and oxygen atoms in total. The minimum Gasteiger partial charge on any atom is -0.493 e. The molecule has 150 valence electrons. The molecule has 0 bridgehead atoms. The van der Waals surface area contributed by atoms with Crippen LogP contribution in [0.3, 0.4) is 0 Å². The molecule has 0 aromatic heterocycles. The van der Waals surface area contributed by atoms with Crippen molar-refractivity contribution in [3.63, 3.8) is 0 Å². The maximum absolute atomic E-state index is 6.27. The van der Waals surface area contributed by atoms with E-state index in [-0.39, 0.29) is 6.10 Å². The van der Waals surface area contributed by atoms with E-state index in [0.717, 1.165) is 30.9 Å². The second kappa shape index (κ2) is 8.97. The molecule has 0 amide bonds. The molecule has 28 heavy (non-hydrogen) atoms. The van der Waals surface area contributed by atoms with E-state index in [1.807, 2.05) is 6.07 Å². The average Bonchev–Trinajstić information content (AvgIpc) is 2.77. The summed E-state index contributed by atoms with van der Waals surface area (Å²) in [5, 5.41) is 0. The molecule has 2 aliphatic heterocycles. The van der Waals surface area contributed by atoms with Crippen molar-refractivity contribution < 1.29 is 14.2 Å². The third-order valence-corrected chi connectivity index (χ3v) is 6.32. The molecule has 1 saturated heterocycles. The summed E-state index contributed by atoms with van der Waals surface area (Å²) in [6, 6.07) is 14.9. The first-order chi connectivity index (χ1) is 13.8. The van der Waals surface area contributed by atoms with Crippen molar-refractivity contribution in [2.75, 3.05) is 33.9 Å². The molecular weight excluding hydrogens is 350 g/mol. The first kappa shape index (κ1) is 19.3. The number of methoxy groups -OCH3 is 2. The van der Waals surface area contributed by atoms with Gasteiger partial charge in [0.25, 0.3) is 0 Å². The van der Waals surface area contributed by atoms with Gasteiger partial charge in [-0.05, 0) is 55.5 Å². The van der Waals surface area contributed by atoms with Crippen LogP contribution in [0, 0.1) is 5.92 Å². The molecule has 0 aliphatic carbocycles. The van der Waals surface area contributed by atoms with Crippen LogP contribution >= 0.6 is 0 Å². The lowest BCUT2D eigenvalue weighted by molar-refractivity contribution is -0.0287. The largest absolute Gasteiger partial charge is 0.493 e. The first-order valence-electron chi connectivity index (χ1n) is 10.4. The molecule has 1 unspecified atom stereocenters. The van der Waals surface area contributed by atoms with Gasteiger partial charge in [-0.25, -0.2) is 0 Å². The number of piperidine rings is 1. The number of fused-ring (bicyclic) bond motifs is 1. The van der Waals surface area contributed by atoms with Gasteiger partial charge in [-0.2, -0.15) is 0 Å². The second-order valence-electron chi connectivity index (χ2n) is 7.91. The minimum absolute atomic E-state index is 0.282. The summed E-state index contributed by atoms with van der Waals surface area (Å²) >= 11 is 0. The summed E-state index contributed by atoms with van der Waals surface area (Å²) in [6.07, 6.45) is 4.76. The lowest BCUT2D eigenvalue weighted by atomic mass is 9.85. The molecule has 0 N–H and O–H groups in total. The van der Waals surface area contributed by atoms with Gasteiger partial charge in [0.15, 0.2) is 11.5 Å². The van der Waals surface area contributed by atoms with Crippen LogP contribution in [0.1, 0.15) is 29.5 Å². The summed E-state index contributed by atoms with van der Waals surface area (Å²) in [7, 11) is 3.43. The molecule has 2 heterocycles. The fourth-order valence-corrected chi connectivity index (χ4v) is 4.63. The number of benzene rings is 2. The van der Waals surface area contributed by atoms with Crippen LogP contribution in [0.4, 0.5) is 0 Å². The van der Waals surface area contributed by atoms with E-state index >= 15 is 0 Å². The molecule has 0 saturated carbocycles. The van der Waals surface area contributed by atoms with Crippen LogP contribution in [0.15, 0.2) is 42.5 Å². The monoisotopic (exact) mass is 381 g/mol. The maximum atomic E-state index is 6.27. The Labute approximate surface area is 168 Å². The molecule has 0 spiro atoms. The fourth-order valence-electron chi connectivity index (χ4n) is 4.63. The summed E-state index contributed by atoms with van der Waals surface area (Å²) < 4.78 is 17.4. The van der Waals surface area contributed by atoms with Crippen molar-refractivity contribution in [1.82, 2.24) is 4.90 Å². The zero-order valence-corrected chi connectivity index (χ0v) is 17.0. The number of hydrogen-bond donors (Lipinski definition) is 0. The van der Waals surface area contributed by atoms with Gasteiger partial charge < -0.3 is 19.1 Å².